The summed E-state index contributed by atoms with van der Waals surface area (Å²) in [5.74, 6) is -2.95. The minimum Gasteiger partial charge on any atom is -0.545 e. The van der Waals surface area contributed by atoms with Crippen molar-refractivity contribution in [3.8, 4) is 0 Å². The zero-order valence-corrected chi connectivity index (χ0v) is 11.6. The van der Waals surface area contributed by atoms with Crippen molar-refractivity contribution in [1.29, 1.82) is 0 Å². The van der Waals surface area contributed by atoms with E-state index in [-0.39, 0.29) is 10.6 Å². The molecule has 112 valence electrons. The molecule has 0 unspecified atom stereocenters. The van der Waals surface area contributed by atoms with Crippen molar-refractivity contribution < 1.29 is 27.9 Å². The summed E-state index contributed by atoms with van der Waals surface area (Å²) in [4.78, 5) is 32.0. The summed E-state index contributed by atoms with van der Waals surface area (Å²) < 4.78 is 25.1. The molecule has 21 heavy (non-hydrogen) atoms. The smallest absolute Gasteiger partial charge is 0.264 e. The van der Waals surface area contributed by atoms with E-state index in [2.05, 4.69) is 5.32 Å². The van der Waals surface area contributed by atoms with Crippen molar-refractivity contribution in [1.82, 2.24) is 4.72 Å². The Morgan fingerprint density at radius 3 is 2.14 bits per heavy atom. The minimum absolute atomic E-state index is 0.152. The van der Waals surface area contributed by atoms with Crippen LogP contribution in [0.15, 0.2) is 41.3 Å². The molecule has 0 aromatic heterocycles. The number of nitrogens with one attached hydrogen (secondary N) is 2. The number of aliphatic carboxylic acids is 1. The standard InChI is InChI=1S/C12H12N2O6S/c1-8(15)14-21(19,20)10-4-2-9(3-5-10)13-11(16)6-7-12(17)18/h2-7H,1H3,(H,13,16)(H,14,15)(H,17,18)/p-1/b7-6+. The molecule has 0 fully saturated rings. The Morgan fingerprint density at radius 1 is 1.10 bits per heavy atom. The van der Waals surface area contributed by atoms with Crippen molar-refractivity contribution in [3.63, 3.8) is 0 Å². The van der Waals surface area contributed by atoms with E-state index in [1.165, 1.54) is 24.3 Å². The number of benzene rings is 1. The first kappa shape index (κ1) is 16.4. The highest BCUT2D eigenvalue weighted by molar-refractivity contribution is 7.90. The molecule has 0 aliphatic heterocycles. The van der Waals surface area contributed by atoms with E-state index in [4.69, 9.17) is 0 Å². The maximum absolute atomic E-state index is 11.7. The van der Waals surface area contributed by atoms with Crippen LogP contribution in [0.2, 0.25) is 0 Å². The molecule has 1 aromatic carbocycles. The van der Waals surface area contributed by atoms with Gasteiger partial charge in [0, 0.05) is 18.7 Å². The van der Waals surface area contributed by atoms with Crippen LogP contribution in [0, 0.1) is 0 Å². The second-order valence-electron chi connectivity index (χ2n) is 3.83. The van der Waals surface area contributed by atoms with Crippen LogP contribution in [0.5, 0.6) is 0 Å². The highest BCUT2D eigenvalue weighted by atomic mass is 32.2. The van der Waals surface area contributed by atoms with Gasteiger partial charge in [-0.25, -0.2) is 13.1 Å². The number of carbonyl (C=O) groups excluding carboxylic acids is 3. The number of anilines is 1. The third-order valence-corrected chi connectivity index (χ3v) is 3.53. The quantitative estimate of drug-likeness (QED) is 0.653. The van der Waals surface area contributed by atoms with Crippen LogP contribution in [-0.4, -0.2) is 26.2 Å². The lowest BCUT2D eigenvalue weighted by Crippen LogP contribution is -2.28. The van der Waals surface area contributed by atoms with Gasteiger partial charge in [-0.05, 0) is 30.3 Å². The topological polar surface area (TPSA) is 132 Å². The van der Waals surface area contributed by atoms with E-state index in [1.54, 1.807) is 4.72 Å². The molecule has 0 saturated heterocycles. The Balaban J connectivity index is 2.81. The molecule has 0 spiro atoms. The minimum atomic E-state index is -3.94. The first-order chi connectivity index (χ1) is 9.70. The summed E-state index contributed by atoms with van der Waals surface area (Å²) in [6, 6.07) is 4.95. The molecule has 0 bridgehead atoms. The van der Waals surface area contributed by atoms with Gasteiger partial charge in [0.2, 0.25) is 11.8 Å². The zero-order chi connectivity index (χ0) is 16.0. The molecule has 9 heteroatoms. The average molecular weight is 311 g/mol. The summed E-state index contributed by atoms with van der Waals surface area (Å²) in [5.41, 5.74) is 0.254. The van der Waals surface area contributed by atoms with Gasteiger partial charge >= 0.3 is 0 Å². The van der Waals surface area contributed by atoms with Gasteiger partial charge in [-0.15, -0.1) is 0 Å². The third kappa shape index (κ3) is 5.45. The van der Waals surface area contributed by atoms with Gasteiger partial charge < -0.3 is 15.2 Å². The SMILES string of the molecule is CC(=O)NS(=O)(=O)c1ccc(NC(=O)/C=C/C(=O)[O-])cc1. The van der Waals surface area contributed by atoms with Gasteiger partial charge in [0.15, 0.2) is 0 Å². The van der Waals surface area contributed by atoms with Crippen LogP contribution in [-0.2, 0) is 24.4 Å². The molecule has 8 nitrogen and oxygen atoms in total. The fourth-order valence-corrected chi connectivity index (χ4v) is 2.28. The summed E-state index contributed by atoms with van der Waals surface area (Å²) >= 11 is 0. The summed E-state index contributed by atoms with van der Waals surface area (Å²) in [7, 11) is -3.94. The Morgan fingerprint density at radius 2 is 1.67 bits per heavy atom. The van der Waals surface area contributed by atoms with Crippen LogP contribution < -0.4 is 15.1 Å². The maximum Gasteiger partial charge on any atom is 0.264 e. The summed E-state index contributed by atoms with van der Waals surface area (Å²) in [6.07, 6.45) is 1.32. The van der Waals surface area contributed by atoms with E-state index in [9.17, 15) is 27.9 Å². The number of carboxylic acids is 1. The normalized spacial score (nSPS) is 11.1. The Kier molecular flexibility index (Phi) is 5.19. The molecule has 2 N–H and O–H groups in total. The van der Waals surface area contributed by atoms with Gasteiger partial charge in [-0.1, -0.05) is 0 Å². The van der Waals surface area contributed by atoms with Crippen LogP contribution in [0.4, 0.5) is 5.69 Å². The predicted molar refractivity (Wildman–Crippen MR) is 70.2 cm³/mol. The second-order valence-corrected chi connectivity index (χ2v) is 5.51. The van der Waals surface area contributed by atoms with Crippen molar-refractivity contribution in [2.24, 2.45) is 0 Å². The molecule has 0 aliphatic rings. The molecule has 0 aliphatic carbocycles. The third-order valence-electron chi connectivity index (χ3n) is 2.08. The lowest BCUT2D eigenvalue weighted by molar-refractivity contribution is -0.297. The number of carboxylic acid groups (broad SMARTS) is 1. The fraction of sp³-hybridized carbons (Fsp3) is 0.0833. The van der Waals surface area contributed by atoms with Crippen LogP contribution in [0.3, 0.4) is 0 Å². The van der Waals surface area contributed by atoms with Gasteiger partial charge in [-0.2, -0.15) is 0 Å². The average Bonchev–Trinajstić information content (AvgIpc) is 2.35. The van der Waals surface area contributed by atoms with E-state index in [0.29, 0.717) is 6.08 Å². The first-order valence-electron chi connectivity index (χ1n) is 5.54. The maximum atomic E-state index is 11.7. The van der Waals surface area contributed by atoms with Crippen molar-refractivity contribution in [3.05, 3.63) is 36.4 Å². The number of amides is 2. The largest absolute Gasteiger partial charge is 0.545 e. The summed E-state index contributed by atoms with van der Waals surface area (Å²) in [5, 5.41) is 12.4. The molecular weight excluding hydrogens is 300 g/mol. The molecule has 1 aromatic rings. The van der Waals surface area contributed by atoms with Crippen LogP contribution in [0.1, 0.15) is 6.92 Å². The number of hydrogen-bond donors (Lipinski definition) is 2. The van der Waals surface area contributed by atoms with Gasteiger partial charge in [-0.3, -0.25) is 9.59 Å². The molecule has 2 amide bonds. The van der Waals surface area contributed by atoms with Gasteiger partial charge in [0.25, 0.3) is 10.0 Å². The molecule has 0 radical (unpaired) electrons. The number of sulfonamides is 1. The second kappa shape index (κ2) is 6.66. The van der Waals surface area contributed by atoms with E-state index in [1.807, 2.05) is 0 Å². The van der Waals surface area contributed by atoms with Gasteiger partial charge in [0.05, 0.1) is 10.9 Å². The van der Waals surface area contributed by atoms with E-state index >= 15 is 0 Å². The molecule has 1 rings (SSSR count). The van der Waals surface area contributed by atoms with Crippen LogP contribution >= 0.6 is 0 Å². The number of rotatable bonds is 5. The Labute approximate surface area is 120 Å². The van der Waals surface area contributed by atoms with E-state index in [0.717, 1.165) is 13.0 Å². The molecular formula is C12H11N2O6S-. The number of carbonyl (C=O) groups is 3. The molecule has 0 heterocycles. The Bertz CT molecular complexity index is 691. The van der Waals surface area contributed by atoms with Crippen LogP contribution in [0.25, 0.3) is 0 Å². The monoisotopic (exact) mass is 311 g/mol. The van der Waals surface area contributed by atoms with E-state index < -0.39 is 27.8 Å². The van der Waals surface area contributed by atoms with Crippen molar-refractivity contribution >= 4 is 33.5 Å². The molecule has 0 saturated carbocycles. The number of hydrogen-bond acceptors (Lipinski definition) is 6. The highest BCUT2D eigenvalue weighted by Gasteiger charge is 2.14. The highest BCUT2D eigenvalue weighted by Crippen LogP contribution is 2.13. The first-order valence-corrected chi connectivity index (χ1v) is 7.02. The molecule has 0 atom stereocenters. The summed E-state index contributed by atoms with van der Waals surface area (Å²) in [6.45, 7) is 1.07. The lowest BCUT2D eigenvalue weighted by Gasteiger charge is -2.06. The lowest BCUT2D eigenvalue weighted by atomic mass is 10.3. The van der Waals surface area contributed by atoms with Gasteiger partial charge in [0.1, 0.15) is 0 Å². The zero-order valence-electron chi connectivity index (χ0n) is 10.8. The predicted octanol–water partition coefficient (Wildman–Crippen LogP) is -1.24. The van der Waals surface area contributed by atoms with Crippen molar-refractivity contribution in [2.75, 3.05) is 5.32 Å². The van der Waals surface area contributed by atoms with Crippen molar-refractivity contribution in [2.45, 2.75) is 11.8 Å². The Hall–Kier alpha value is -2.68. The fourth-order valence-electron chi connectivity index (χ4n) is 1.29.